The van der Waals surface area contributed by atoms with Crippen LogP contribution in [0.15, 0.2) is 36.9 Å². The van der Waals surface area contributed by atoms with E-state index in [0.717, 1.165) is 10.9 Å². The lowest BCUT2D eigenvalue weighted by Gasteiger charge is -2.40. The second-order valence-electron chi connectivity index (χ2n) is 7.40. The van der Waals surface area contributed by atoms with Crippen molar-refractivity contribution in [1.82, 2.24) is 29.7 Å². The van der Waals surface area contributed by atoms with Crippen LogP contribution in [-0.2, 0) is 20.9 Å². The van der Waals surface area contributed by atoms with Gasteiger partial charge in [-0.15, -0.1) is 0 Å². The quantitative estimate of drug-likeness (QED) is 0.533. The van der Waals surface area contributed by atoms with Crippen molar-refractivity contribution in [3.8, 4) is 5.88 Å². The molecule has 0 radical (unpaired) electrons. The molecule has 0 bridgehead atoms. The highest BCUT2D eigenvalue weighted by Gasteiger charge is 2.37. The predicted molar refractivity (Wildman–Crippen MR) is 119 cm³/mol. The number of carbonyl (C=O) groups excluding carboxylic acids is 2. The fraction of sp³-hybridized carbons (Fsp3) is 0.333. The number of nitrogens with zero attached hydrogens (tertiary/aromatic N) is 6. The SMILES string of the molecule is COCC1C(=O)N(Cc2ccc3c(N)ncnc3c2)CCN1C(=O)COc1cncc(Cl)n1. The van der Waals surface area contributed by atoms with Gasteiger partial charge in [-0.05, 0) is 17.7 Å². The highest BCUT2D eigenvalue weighted by Crippen LogP contribution is 2.21. The number of piperazine rings is 1. The number of fused-ring (bicyclic) bond motifs is 1. The molecule has 3 aromatic rings. The first-order chi connectivity index (χ1) is 16.0. The lowest BCUT2D eigenvalue weighted by atomic mass is 10.1. The molecule has 4 rings (SSSR count). The van der Waals surface area contributed by atoms with Crippen molar-refractivity contribution in [2.75, 3.05) is 39.1 Å². The fourth-order valence-corrected chi connectivity index (χ4v) is 3.81. The van der Waals surface area contributed by atoms with Crippen LogP contribution in [0.3, 0.4) is 0 Å². The van der Waals surface area contributed by atoms with E-state index in [2.05, 4.69) is 19.9 Å². The first-order valence-electron chi connectivity index (χ1n) is 10.1. The number of anilines is 1. The average molecular weight is 472 g/mol. The van der Waals surface area contributed by atoms with Crippen molar-refractivity contribution in [3.63, 3.8) is 0 Å². The molecule has 11 nitrogen and oxygen atoms in total. The maximum Gasteiger partial charge on any atom is 0.261 e. The van der Waals surface area contributed by atoms with Gasteiger partial charge in [0.05, 0.1) is 24.5 Å². The smallest absolute Gasteiger partial charge is 0.261 e. The number of methoxy groups -OCH3 is 1. The van der Waals surface area contributed by atoms with Gasteiger partial charge in [0, 0.05) is 32.1 Å². The number of nitrogen functional groups attached to an aromatic ring is 1. The topological polar surface area (TPSA) is 137 Å². The molecular formula is C21H22ClN7O4. The van der Waals surface area contributed by atoms with E-state index in [1.807, 2.05) is 18.2 Å². The summed E-state index contributed by atoms with van der Waals surface area (Å²) in [4.78, 5) is 45.2. The highest BCUT2D eigenvalue weighted by atomic mass is 35.5. The summed E-state index contributed by atoms with van der Waals surface area (Å²) in [5.41, 5.74) is 7.49. The summed E-state index contributed by atoms with van der Waals surface area (Å²) in [5, 5.41) is 0.911. The molecule has 0 saturated carbocycles. The second-order valence-corrected chi connectivity index (χ2v) is 7.78. The Kier molecular flexibility index (Phi) is 6.80. The minimum Gasteiger partial charge on any atom is -0.466 e. The van der Waals surface area contributed by atoms with Crippen LogP contribution in [-0.4, -0.2) is 81.0 Å². The molecule has 12 heteroatoms. The van der Waals surface area contributed by atoms with E-state index in [-0.39, 0.29) is 36.1 Å². The van der Waals surface area contributed by atoms with Crippen LogP contribution < -0.4 is 10.5 Å². The number of halogens is 1. The number of hydrogen-bond acceptors (Lipinski definition) is 9. The zero-order valence-electron chi connectivity index (χ0n) is 17.8. The number of aromatic nitrogens is 4. The van der Waals surface area contributed by atoms with Gasteiger partial charge in [0.2, 0.25) is 11.8 Å². The molecule has 1 atom stereocenters. The Bertz CT molecular complexity index is 1180. The monoisotopic (exact) mass is 471 g/mol. The Morgan fingerprint density at radius 1 is 1.27 bits per heavy atom. The molecule has 3 heterocycles. The Hall–Kier alpha value is -3.57. The summed E-state index contributed by atoms with van der Waals surface area (Å²) >= 11 is 5.79. The zero-order valence-corrected chi connectivity index (χ0v) is 18.6. The molecule has 1 aliphatic heterocycles. The number of rotatable bonds is 7. The molecule has 1 saturated heterocycles. The first-order valence-corrected chi connectivity index (χ1v) is 10.5. The minimum atomic E-state index is -0.760. The molecule has 1 aromatic carbocycles. The molecule has 2 aromatic heterocycles. The van der Waals surface area contributed by atoms with E-state index in [1.165, 1.54) is 30.7 Å². The molecule has 33 heavy (non-hydrogen) atoms. The van der Waals surface area contributed by atoms with Crippen LogP contribution >= 0.6 is 11.6 Å². The number of nitrogens with two attached hydrogens (primary N) is 1. The number of carbonyl (C=O) groups is 2. The van der Waals surface area contributed by atoms with E-state index < -0.39 is 6.04 Å². The van der Waals surface area contributed by atoms with Crippen molar-refractivity contribution in [1.29, 1.82) is 0 Å². The van der Waals surface area contributed by atoms with Gasteiger partial charge in [-0.25, -0.2) is 9.97 Å². The van der Waals surface area contributed by atoms with Crippen LogP contribution in [0.5, 0.6) is 5.88 Å². The van der Waals surface area contributed by atoms with E-state index in [0.29, 0.717) is 31.0 Å². The maximum absolute atomic E-state index is 13.2. The maximum atomic E-state index is 13.2. The van der Waals surface area contributed by atoms with Crippen LogP contribution in [0.25, 0.3) is 10.9 Å². The van der Waals surface area contributed by atoms with E-state index in [4.69, 9.17) is 26.8 Å². The minimum absolute atomic E-state index is 0.0690. The summed E-state index contributed by atoms with van der Waals surface area (Å²) < 4.78 is 10.6. The Balaban J connectivity index is 1.44. The lowest BCUT2D eigenvalue weighted by molar-refractivity contribution is -0.155. The van der Waals surface area contributed by atoms with Crippen molar-refractivity contribution in [2.45, 2.75) is 12.6 Å². The van der Waals surface area contributed by atoms with Gasteiger partial charge in [0.25, 0.3) is 5.91 Å². The third-order valence-corrected chi connectivity index (χ3v) is 5.44. The molecule has 2 amide bonds. The number of benzene rings is 1. The second kappa shape index (κ2) is 9.92. The normalized spacial score (nSPS) is 16.3. The molecular weight excluding hydrogens is 450 g/mol. The first kappa shape index (κ1) is 22.6. The molecule has 2 N–H and O–H groups in total. The number of ether oxygens (including phenoxy) is 2. The van der Waals surface area contributed by atoms with Crippen molar-refractivity contribution in [2.24, 2.45) is 0 Å². The van der Waals surface area contributed by atoms with Crippen molar-refractivity contribution in [3.05, 3.63) is 47.6 Å². The summed E-state index contributed by atoms with van der Waals surface area (Å²) in [5.74, 6) is -0.0308. The van der Waals surface area contributed by atoms with Crippen LogP contribution in [0.1, 0.15) is 5.56 Å². The zero-order chi connectivity index (χ0) is 23.4. The summed E-state index contributed by atoms with van der Waals surface area (Å²) in [6, 6.07) is 4.85. The molecule has 0 spiro atoms. The predicted octanol–water partition coefficient (Wildman–Crippen LogP) is 0.920. The van der Waals surface area contributed by atoms with Crippen molar-refractivity contribution < 1.29 is 19.1 Å². The number of hydrogen-bond donors (Lipinski definition) is 1. The summed E-state index contributed by atoms with van der Waals surface area (Å²) in [6.07, 6.45) is 4.12. The highest BCUT2D eigenvalue weighted by molar-refractivity contribution is 6.29. The third-order valence-electron chi connectivity index (χ3n) is 5.26. The van der Waals surface area contributed by atoms with Gasteiger partial charge >= 0.3 is 0 Å². The van der Waals surface area contributed by atoms with Gasteiger partial charge in [0.15, 0.2) is 11.8 Å². The molecule has 1 aliphatic rings. The molecule has 172 valence electrons. The van der Waals surface area contributed by atoms with Gasteiger partial charge in [-0.3, -0.25) is 14.6 Å². The largest absolute Gasteiger partial charge is 0.466 e. The van der Waals surface area contributed by atoms with Crippen molar-refractivity contribution >= 4 is 40.1 Å². The average Bonchev–Trinajstić information content (AvgIpc) is 2.80. The van der Waals surface area contributed by atoms with Crippen LogP contribution in [0, 0.1) is 0 Å². The fourth-order valence-electron chi connectivity index (χ4n) is 3.67. The molecule has 1 unspecified atom stereocenters. The van der Waals surface area contributed by atoms with Gasteiger partial charge < -0.3 is 25.0 Å². The lowest BCUT2D eigenvalue weighted by Crippen LogP contribution is -2.60. The molecule has 1 fully saturated rings. The molecule has 0 aliphatic carbocycles. The summed E-state index contributed by atoms with van der Waals surface area (Å²) in [6.45, 7) is 0.848. The third kappa shape index (κ3) is 5.10. The Morgan fingerprint density at radius 3 is 2.91 bits per heavy atom. The Labute approximate surface area is 194 Å². The van der Waals surface area contributed by atoms with E-state index in [9.17, 15) is 9.59 Å². The standard InChI is InChI=1S/C21H22ClN7O4/c1-32-10-16-21(31)28(9-13-2-3-14-15(6-13)25-12-26-20(14)23)4-5-29(16)19(30)11-33-18-8-24-7-17(22)27-18/h2-3,6-8,12,16H,4-5,9-11H2,1H3,(H2,23,25,26). The van der Waals surface area contributed by atoms with Gasteiger partial charge in [0.1, 0.15) is 18.2 Å². The van der Waals surface area contributed by atoms with Gasteiger partial charge in [-0.2, -0.15) is 4.98 Å². The summed E-state index contributed by atoms with van der Waals surface area (Å²) in [7, 11) is 1.49. The van der Waals surface area contributed by atoms with Crippen LogP contribution in [0.4, 0.5) is 5.82 Å². The van der Waals surface area contributed by atoms with Gasteiger partial charge in [-0.1, -0.05) is 17.7 Å². The van der Waals surface area contributed by atoms with Crippen LogP contribution in [0.2, 0.25) is 5.15 Å². The van der Waals surface area contributed by atoms with E-state index >= 15 is 0 Å². The Morgan fingerprint density at radius 2 is 2.12 bits per heavy atom. The van der Waals surface area contributed by atoms with E-state index in [1.54, 1.807) is 4.90 Å². The number of amides is 2.